The number of esters is 1. The zero-order chi connectivity index (χ0) is 20.3. The van der Waals surface area contributed by atoms with Gasteiger partial charge in [-0.25, -0.2) is 14.2 Å². The minimum atomic E-state index is -4.46. The van der Waals surface area contributed by atoms with E-state index in [4.69, 9.17) is 4.74 Å². The van der Waals surface area contributed by atoms with Crippen molar-refractivity contribution in [2.75, 3.05) is 7.11 Å². The van der Waals surface area contributed by atoms with Gasteiger partial charge in [0.2, 0.25) is 0 Å². The molecule has 144 valence electrons. The summed E-state index contributed by atoms with van der Waals surface area (Å²) in [5, 5.41) is 0. The van der Waals surface area contributed by atoms with Gasteiger partial charge in [0, 0.05) is 5.56 Å². The maximum absolute atomic E-state index is 13.6. The van der Waals surface area contributed by atoms with Crippen LogP contribution >= 0.6 is 0 Å². The molecule has 2 aromatic carbocycles. The molecule has 0 aliphatic heterocycles. The highest BCUT2D eigenvalue weighted by Crippen LogP contribution is 2.34. The summed E-state index contributed by atoms with van der Waals surface area (Å²) < 4.78 is 62.0. The zero-order valence-corrected chi connectivity index (χ0v) is 14.5. The minimum absolute atomic E-state index is 0.0264. The van der Waals surface area contributed by atoms with Crippen LogP contribution in [0.1, 0.15) is 16.1 Å². The number of halogens is 4. The number of methoxy groups -OCH3 is 1. The summed E-state index contributed by atoms with van der Waals surface area (Å²) in [6.45, 7) is 0. The van der Waals surface area contributed by atoms with Crippen molar-refractivity contribution in [3.05, 3.63) is 77.7 Å². The van der Waals surface area contributed by atoms with Gasteiger partial charge in [-0.2, -0.15) is 13.2 Å². The number of alkyl halides is 3. The highest BCUT2D eigenvalue weighted by molar-refractivity contribution is 5.88. The van der Waals surface area contributed by atoms with E-state index in [1.54, 1.807) is 6.07 Å². The van der Waals surface area contributed by atoms with Crippen molar-refractivity contribution in [3.8, 4) is 22.8 Å². The first-order valence-corrected chi connectivity index (χ1v) is 7.98. The van der Waals surface area contributed by atoms with Crippen LogP contribution < -0.4 is 4.74 Å². The van der Waals surface area contributed by atoms with Crippen molar-refractivity contribution in [1.82, 2.24) is 4.98 Å². The van der Waals surface area contributed by atoms with Crippen LogP contribution in [0, 0.1) is 5.82 Å². The monoisotopic (exact) mass is 391 g/mol. The number of hydrogen-bond donors (Lipinski definition) is 0. The number of nitrogens with zero attached hydrogens (tertiary/aromatic N) is 1. The van der Waals surface area contributed by atoms with Crippen LogP contribution in [0.25, 0.3) is 11.3 Å². The van der Waals surface area contributed by atoms with Gasteiger partial charge in [0.15, 0.2) is 5.75 Å². The molecule has 0 bridgehead atoms. The molecule has 0 saturated heterocycles. The molecule has 8 heteroatoms. The summed E-state index contributed by atoms with van der Waals surface area (Å²) in [5.41, 5.74) is -0.374. The van der Waals surface area contributed by atoms with Crippen molar-refractivity contribution in [2.24, 2.45) is 0 Å². The second-order valence-electron chi connectivity index (χ2n) is 5.67. The summed E-state index contributed by atoms with van der Waals surface area (Å²) in [6.07, 6.45) is -4.46. The smallest absolute Gasteiger partial charge is 0.416 e. The molecule has 0 unspecified atom stereocenters. The first-order chi connectivity index (χ1) is 13.3. The van der Waals surface area contributed by atoms with E-state index in [9.17, 15) is 22.4 Å². The van der Waals surface area contributed by atoms with E-state index >= 15 is 0 Å². The van der Waals surface area contributed by atoms with Crippen LogP contribution in [-0.2, 0) is 10.9 Å². The fourth-order valence-corrected chi connectivity index (χ4v) is 2.43. The quantitative estimate of drug-likeness (QED) is 0.436. The Balaban J connectivity index is 2.01. The van der Waals surface area contributed by atoms with Gasteiger partial charge in [0.25, 0.3) is 0 Å². The minimum Gasteiger partial charge on any atom is -0.464 e. The number of pyridine rings is 1. The molecule has 0 fully saturated rings. The van der Waals surface area contributed by atoms with E-state index in [-0.39, 0.29) is 22.9 Å². The van der Waals surface area contributed by atoms with E-state index in [1.165, 1.54) is 37.4 Å². The lowest BCUT2D eigenvalue weighted by Gasteiger charge is -2.13. The van der Waals surface area contributed by atoms with E-state index < -0.39 is 23.5 Å². The Labute approximate surface area is 157 Å². The Morgan fingerprint density at radius 2 is 1.71 bits per heavy atom. The maximum Gasteiger partial charge on any atom is 0.416 e. The van der Waals surface area contributed by atoms with Crippen LogP contribution in [0.2, 0.25) is 0 Å². The zero-order valence-electron chi connectivity index (χ0n) is 14.5. The van der Waals surface area contributed by atoms with Crippen molar-refractivity contribution >= 4 is 5.97 Å². The van der Waals surface area contributed by atoms with E-state index in [1.807, 2.05) is 0 Å². The van der Waals surface area contributed by atoms with Crippen LogP contribution in [0.15, 0.2) is 60.7 Å². The molecule has 0 spiro atoms. The van der Waals surface area contributed by atoms with Crippen molar-refractivity contribution < 1.29 is 31.8 Å². The van der Waals surface area contributed by atoms with Gasteiger partial charge in [0.05, 0.1) is 12.7 Å². The molecular weight excluding hydrogens is 378 g/mol. The molecule has 28 heavy (non-hydrogen) atoms. The lowest BCUT2D eigenvalue weighted by molar-refractivity contribution is -0.137. The van der Waals surface area contributed by atoms with E-state index in [2.05, 4.69) is 9.72 Å². The van der Waals surface area contributed by atoms with E-state index in [0.717, 1.165) is 24.3 Å². The van der Waals surface area contributed by atoms with Gasteiger partial charge in [-0.1, -0.05) is 12.1 Å². The Hall–Kier alpha value is -3.42. The predicted octanol–water partition coefficient (Wildman–Crippen LogP) is 5.49. The molecule has 1 aromatic heterocycles. The third kappa shape index (κ3) is 4.28. The van der Waals surface area contributed by atoms with Gasteiger partial charge < -0.3 is 9.47 Å². The first kappa shape index (κ1) is 19.3. The Morgan fingerprint density at radius 3 is 2.32 bits per heavy atom. The van der Waals surface area contributed by atoms with Crippen LogP contribution in [0.5, 0.6) is 11.5 Å². The number of rotatable bonds is 4. The first-order valence-electron chi connectivity index (χ1n) is 7.98. The molecule has 4 nitrogen and oxygen atoms in total. The average molecular weight is 391 g/mol. The summed E-state index contributed by atoms with van der Waals surface area (Å²) >= 11 is 0. The molecule has 0 saturated carbocycles. The Kier molecular flexibility index (Phi) is 5.30. The summed E-state index contributed by atoms with van der Waals surface area (Å²) in [7, 11) is 1.19. The number of carbonyl (C=O) groups is 1. The molecule has 0 atom stereocenters. The van der Waals surface area contributed by atoms with Crippen molar-refractivity contribution in [3.63, 3.8) is 0 Å². The summed E-state index contributed by atoms with van der Waals surface area (Å²) in [4.78, 5) is 15.9. The molecule has 0 amide bonds. The SMILES string of the molecule is COC(=O)c1ccc(Oc2ccc(C(F)(F)F)cc2)c(-c2cccc(F)c2)n1. The standard InChI is InChI=1S/C20H13F4NO3/c1-27-19(26)16-9-10-17(18(25-16)12-3-2-4-14(21)11-12)28-15-7-5-13(6-8-15)20(22,23)24/h2-11H,1H3. The molecule has 0 aliphatic carbocycles. The van der Waals surface area contributed by atoms with E-state index in [0.29, 0.717) is 5.56 Å². The molecular formula is C20H13F4NO3. The number of hydrogen-bond acceptors (Lipinski definition) is 4. The summed E-state index contributed by atoms with van der Waals surface area (Å²) in [6, 6.07) is 12.3. The van der Waals surface area contributed by atoms with Gasteiger partial charge in [-0.05, 0) is 48.5 Å². The molecule has 1 heterocycles. The maximum atomic E-state index is 13.6. The average Bonchev–Trinajstić information content (AvgIpc) is 2.67. The topological polar surface area (TPSA) is 48.4 Å². The van der Waals surface area contributed by atoms with Crippen LogP contribution in [0.4, 0.5) is 17.6 Å². The molecule has 0 aliphatic rings. The van der Waals surface area contributed by atoms with Crippen LogP contribution in [0.3, 0.4) is 0 Å². The van der Waals surface area contributed by atoms with Gasteiger partial charge >= 0.3 is 12.1 Å². The van der Waals surface area contributed by atoms with Gasteiger partial charge in [-0.15, -0.1) is 0 Å². The molecule has 3 aromatic rings. The number of ether oxygens (including phenoxy) is 2. The number of aromatic nitrogens is 1. The number of benzene rings is 2. The predicted molar refractivity (Wildman–Crippen MR) is 92.5 cm³/mol. The lowest BCUT2D eigenvalue weighted by atomic mass is 10.1. The van der Waals surface area contributed by atoms with Crippen molar-refractivity contribution in [1.29, 1.82) is 0 Å². The third-order valence-corrected chi connectivity index (χ3v) is 3.76. The highest BCUT2D eigenvalue weighted by atomic mass is 19.4. The molecule has 0 N–H and O–H groups in total. The largest absolute Gasteiger partial charge is 0.464 e. The highest BCUT2D eigenvalue weighted by Gasteiger charge is 2.30. The lowest BCUT2D eigenvalue weighted by Crippen LogP contribution is -2.06. The second kappa shape index (κ2) is 7.67. The van der Waals surface area contributed by atoms with Crippen molar-refractivity contribution in [2.45, 2.75) is 6.18 Å². The normalized spacial score (nSPS) is 11.2. The fraction of sp³-hybridized carbons (Fsp3) is 0.100. The second-order valence-corrected chi connectivity index (χ2v) is 5.67. The molecule has 0 radical (unpaired) electrons. The summed E-state index contributed by atoms with van der Waals surface area (Å²) in [5.74, 6) is -0.960. The number of carbonyl (C=O) groups excluding carboxylic acids is 1. The van der Waals surface area contributed by atoms with Crippen LogP contribution in [-0.4, -0.2) is 18.1 Å². The third-order valence-electron chi connectivity index (χ3n) is 3.76. The fourth-order valence-electron chi connectivity index (χ4n) is 2.43. The van der Waals surface area contributed by atoms with Gasteiger partial charge in [0.1, 0.15) is 23.0 Å². The molecule has 3 rings (SSSR count). The Bertz CT molecular complexity index is 1000. The van der Waals surface area contributed by atoms with Gasteiger partial charge in [-0.3, -0.25) is 0 Å². The Morgan fingerprint density at radius 1 is 1.00 bits per heavy atom.